The van der Waals surface area contributed by atoms with E-state index < -0.39 is 0 Å². The largest absolute Gasteiger partial charge is 0.308 e. The Morgan fingerprint density at radius 2 is 1.90 bits per heavy atom. The summed E-state index contributed by atoms with van der Waals surface area (Å²) in [6.45, 7) is 1.86. The second-order valence-electron chi connectivity index (χ2n) is 5.54. The second kappa shape index (κ2) is 5.77. The molecule has 1 aromatic heterocycles. The second-order valence-corrected chi connectivity index (χ2v) is 5.54. The molecule has 0 saturated heterocycles. The molecule has 5 heteroatoms. The minimum atomic E-state index is -0.272. The van der Waals surface area contributed by atoms with Crippen LogP contribution in [0, 0.1) is 12.7 Å². The van der Waals surface area contributed by atoms with Gasteiger partial charge in [0.05, 0.1) is 0 Å². The number of nitrogen functional groups attached to an aromatic ring is 1. The molecule has 110 valence electrons. The number of hydrogen-bond donors (Lipinski definition) is 2. The third kappa shape index (κ3) is 2.88. The topological polar surface area (TPSA) is 63.8 Å². The van der Waals surface area contributed by atoms with Crippen LogP contribution in [0.1, 0.15) is 36.1 Å². The third-order valence-corrected chi connectivity index (χ3v) is 3.87. The predicted octanol–water partition coefficient (Wildman–Crippen LogP) is 3.15. The molecular weight excluding hydrogens is 267 g/mol. The molecule has 0 aliphatic heterocycles. The van der Waals surface area contributed by atoms with Crippen molar-refractivity contribution in [3.63, 3.8) is 0 Å². The van der Waals surface area contributed by atoms with Crippen LogP contribution >= 0.6 is 0 Å². The molecule has 1 aliphatic rings. The smallest absolute Gasteiger partial charge is 0.161 e. The van der Waals surface area contributed by atoms with Crippen LogP contribution in [-0.4, -0.2) is 9.97 Å². The molecule has 1 heterocycles. The van der Waals surface area contributed by atoms with Crippen LogP contribution in [0.25, 0.3) is 11.4 Å². The molecule has 21 heavy (non-hydrogen) atoms. The van der Waals surface area contributed by atoms with Crippen molar-refractivity contribution < 1.29 is 4.39 Å². The first-order valence-corrected chi connectivity index (χ1v) is 7.31. The molecule has 0 unspecified atom stereocenters. The fraction of sp³-hybridized carbons (Fsp3) is 0.375. The number of hydrazine groups is 1. The number of fused-ring (bicyclic) bond motifs is 1. The lowest BCUT2D eigenvalue weighted by Crippen LogP contribution is -2.14. The van der Waals surface area contributed by atoms with Crippen LogP contribution < -0.4 is 11.3 Å². The van der Waals surface area contributed by atoms with Crippen molar-refractivity contribution in [3.05, 3.63) is 40.8 Å². The van der Waals surface area contributed by atoms with Gasteiger partial charge in [-0.05, 0) is 56.4 Å². The number of benzene rings is 1. The highest BCUT2D eigenvalue weighted by molar-refractivity contribution is 5.61. The molecular formula is C16H19FN4. The fourth-order valence-electron chi connectivity index (χ4n) is 2.88. The Balaban J connectivity index is 2.13. The lowest BCUT2D eigenvalue weighted by molar-refractivity contribution is 0.627. The van der Waals surface area contributed by atoms with Crippen LogP contribution in [0.15, 0.2) is 18.2 Å². The lowest BCUT2D eigenvalue weighted by Gasteiger charge is -2.13. The molecule has 0 bridgehead atoms. The number of anilines is 1. The first kappa shape index (κ1) is 13.9. The van der Waals surface area contributed by atoms with Crippen LogP contribution in [0.3, 0.4) is 0 Å². The van der Waals surface area contributed by atoms with Crippen LogP contribution in [-0.2, 0) is 12.8 Å². The van der Waals surface area contributed by atoms with Gasteiger partial charge in [-0.15, -0.1) is 0 Å². The Morgan fingerprint density at radius 3 is 2.67 bits per heavy atom. The predicted molar refractivity (Wildman–Crippen MR) is 81.2 cm³/mol. The van der Waals surface area contributed by atoms with E-state index >= 15 is 0 Å². The number of nitrogens with one attached hydrogen (secondary N) is 1. The summed E-state index contributed by atoms with van der Waals surface area (Å²) in [4.78, 5) is 9.15. The molecule has 4 nitrogen and oxygen atoms in total. The average Bonchev–Trinajstić information content (AvgIpc) is 2.70. The molecule has 1 aliphatic carbocycles. The highest BCUT2D eigenvalue weighted by Gasteiger charge is 2.17. The van der Waals surface area contributed by atoms with Gasteiger partial charge in [0.1, 0.15) is 11.6 Å². The number of nitrogens with zero attached hydrogens (tertiary/aromatic N) is 2. The molecule has 3 N–H and O–H groups in total. The van der Waals surface area contributed by atoms with Gasteiger partial charge < -0.3 is 5.43 Å². The Morgan fingerprint density at radius 1 is 1.10 bits per heavy atom. The highest BCUT2D eigenvalue weighted by atomic mass is 19.1. The van der Waals surface area contributed by atoms with Crippen LogP contribution in [0.4, 0.5) is 10.2 Å². The Kier molecular flexibility index (Phi) is 3.84. The highest BCUT2D eigenvalue weighted by Crippen LogP contribution is 2.28. The van der Waals surface area contributed by atoms with E-state index in [0.29, 0.717) is 17.2 Å². The molecule has 0 saturated carbocycles. The van der Waals surface area contributed by atoms with Crippen LogP contribution in [0.5, 0.6) is 0 Å². The number of aromatic nitrogens is 2. The molecule has 0 spiro atoms. The molecule has 1 aromatic carbocycles. The van der Waals surface area contributed by atoms with Crippen molar-refractivity contribution in [3.8, 4) is 11.4 Å². The van der Waals surface area contributed by atoms with Crippen molar-refractivity contribution >= 4 is 5.82 Å². The van der Waals surface area contributed by atoms with Crippen molar-refractivity contribution in [2.75, 3.05) is 5.43 Å². The van der Waals surface area contributed by atoms with E-state index in [4.69, 9.17) is 5.84 Å². The number of aryl methyl sites for hydroxylation is 2. The summed E-state index contributed by atoms with van der Waals surface area (Å²) in [5.74, 6) is 6.54. The van der Waals surface area contributed by atoms with Crippen LogP contribution in [0.2, 0.25) is 0 Å². The van der Waals surface area contributed by atoms with Crippen molar-refractivity contribution in [1.82, 2.24) is 9.97 Å². The first-order chi connectivity index (χ1) is 10.2. The molecule has 0 amide bonds. The van der Waals surface area contributed by atoms with Gasteiger partial charge in [0.25, 0.3) is 0 Å². The zero-order valence-corrected chi connectivity index (χ0v) is 12.1. The number of hydrogen-bond acceptors (Lipinski definition) is 4. The summed E-state index contributed by atoms with van der Waals surface area (Å²) in [7, 11) is 0. The molecule has 0 fully saturated rings. The average molecular weight is 286 g/mol. The number of nitrogens with two attached hydrogens (primary N) is 1. The van der Waals surface area contributed by atoms with Gasteiger partial charge in [-0.1, -0.05) is 6.42 Å². The van der Waals surface area contributed by atoms with Gasteiger partial charge in [0.2, 0.25) is 0 Å². The van der Waals surface area contributed by atoms with E-state index in [1.54, 1.807) is 0 Å². The molecule has 2 aromatic rings. The zero-order valence-electron chi connectivity index (χ0n) is 12.1. The van der Waals surface area contributed by atoms with E-state index in [1.165, 1.54) is 18.6 Å². The molecule has 0 atom stereocenters. The summed E-state index contributed by atoms with van der Waals surface area (Å²) in [5, 5.41) is 0. The van der Waals surface area contributed by atoms with E-state index in [2.05, 4.69) is 15.4 Å². The van der Waals surface area contributed by atoms with Gasteiger partial charge in [-0.2, -0.15) is 0 Å². The maximum Gasteiger partial charge on any atom is 0.161 e. The summed E-state index contributed by atoms with van der Waals surface area (Å²) in [5.41, 5.74) is 6.36. The third-order valence-electron chi connectivity index (χ3n) is 3.87. The minimum absolute atomic E-state index is 0.272. The zero-order chi connectivity index (χ0) is 14.8. The van der Waals surface area contributed by atoms with Gasteiger partial charge in [0, 0.05) is 16.8 Å². The fourth-order valence-corrected chi connectivity index (χ4v) is 2.88. The molecule has 3 rings (SSSR count). The van der Waals surface area contributed by atoms with Crippen molar-refractivity contribution in [2.45, 2.75) is 39.0 Å². The normalized spacial score (nSPS) is 14.4. The quantitative estimate of drug-likeness (QED) is 0.506. The SMILES string of the molecule is Cc1cc(F)cc(-c2nc3c(c(NN)n2)CCCCC3)c1. The van der Waals surface area contributed by atoms with Gasteiger partial charge >= 0.3 is 0 Å². The van der Waals surface area contributed by atoms with E-state index in [0.717, 1.165) is 42.5 Å². The van der Waals surface area contributed by atoms with E-state index in [9.17, 15) is 4.39 Å². The lowest BCUT2D eigenvalue weighted by atomic mass is 10.1. The van der Waals surface area contributed by atoms with Gasteiger partial charge in [-0.25, -0.2) is 20.2 Å². The first-order valence-electron chi connectivity index (χ1n) is 7.31. The van der Waals surface area contributed by atoms with E-state index in [1.807, 2.05) is 13.0 Å². The monoisotopic (exact) mass is 286 g/mol. The van der Waals surface area contributed by atoms with Crippen molar-refractivity contribution in [2.24, 2.45) is 5.84 Å². The molecule has 0 radical (unpaired) electrons. The standard InChI is InChI=1S/C16H19FN4/c1-10-7-11(9-12(17)8-10)15-19-14-6-4-2-3-5-13(14)16(20-15)21-18/h7-9H,2-6,18H2,1H3,(H,19,20,21). The summed E-state index contributed by atoms with van der Waals surface area (Å²) >= 11 is 0. The maximum atomic E-state index is 13.6. The summed E-state index contributed by atoms with van der Waals surface area (Å²) in [6.07, 6.45) is 5.30. The maximum absolute atomic E-state index is 13.6. The summed E-state index contributed by atoms with van der Waals surface area (Å²) < 4.78 is 13.6. The minimum Gasteiger partial charge on any atom is -0.308 e. The number of halogens is 1. The Labute approximate surface area is 123 Å². The van der Waals surface area contributed by atoms with Gasteiger partial charge in [0.15, 0.2) is 5.82 Å². The Bertz CT molecular complexity index is 649. The Hall–Kier alpha value is -2.01. The van der Waals surface area contributed by atoms with E-state index in [-0.39, 0.29) is 5.82 Å². The summed E-state index contributed by atoms with van der Waals surface area (Å²) in [6, 6.07) is 4.85. The number of rotatable bonds is 2. The van der Waals surface area contributed by atoms with Crippen molar-refractivity contribution in [1.29, 1.82) is 0 Å². The van der Waals surface area contributed by atoms with Gasteiger partial charge in [-0.3, -0.25) is 0 Å².